The molecular weight excluding hydrogens is 164 g/mol. The van der Waals surface area contributed by atoms with Crippen LogP contribution in [-0.4, -0.2) is 12.6 Å². The summed E-state index contributed by atoms with van der Waals surface area (Å²) in [6.07, 6.45) is 4.83. The smallest absolute Gasteiger partial charge is 0.302 e. The second kappa shape index (κ2) is 6.46. The average Bonchev–Trinajstić information content (AvgIpc) is 2.04. The van der Waals surface area contributed by atoms with Crippen molar-refractivity contribution in [3.8, 4) is 0 Å². The molecule has 0 radical (unpaired) electrons. The summed E-state index contributed by atoms with van der Waals surface area (Å²) >= 11 is 0. The Morgan fingerprint density at radius 1 is 1.46 bits per heavy atom. The molecule has 74 valence electrons. The van der Waals surface area contributed by atoms with Crippen molar-refractivity contribution in [3.05, 3.63) is 24.3 Å². The van der Waals surface area contributed by atoms with Crippen LogP contribution in [-0.2, 0) is 9.53 Å². The molecule has 0 aromatic rings. The van der Waals surface area contributed by atoms with Crippen molar-refractivity contribution in [1.82, 2.24) is 0 Å². The van der Waals surface area contributed by atoms with E-state index in [1.54, 1.807) is 0 Å². The summed E-state index contributed by atoms with van der Waals surface area (Å²) in [6, 6.07) is 0. The van der Waals surface area contributed by atoms with Crippen LogP contribution < -0.4 is 0 Å². The number of carbonyl (C=O) groups is 1. The normalized spacial score (nSPS) is 11.6. The van der Waals surface area contributed by atoms with Gasteiger partial charge in [-0.2, -0.15) is 0 Å². The molecule has 0 aliphatic carbocycles. The second-order valence-electron chi connectivity index (χ2n) is 3.32. The minimum absolute atomic E-state index is 0.232. The zero-order valence-corrected chi connectivity index (χ0v) is 8.67. The third kappa shape index (κ3) is 7.32. The number of hydrogen-bond donors (Lipinski definition) is 0. The van der Waals surface area contributed by atoms with Crippen molar-refractivity contribution in [2.24, 2.45) is 5.92 Å². The molecule has 0 bridgehead atoms. The summed E-state index contributed by atoms with van der Waals surface area (Å²) in [6.45, 7) is 9.64. The van der Waals surface area contributed by atoms with E-state index in [0.29, 0.717) is 6.61 Å². The quantitative estimate of drug-likeness (QED) is 0.482. The minimum atomic E-state index is -0.232. The minimum Gasteiger partial charge on any atom is -0.465 e. The molecule has 0 saturated carbocycles. The highest BCUT2D eigenvalue weighted by atomic mass is 16.5. The van der Waals surface area contributed by atoms with Crippen LogP contribution in [0, 0.1) is 5.92 Å². The van der Waals surface area contributed by atoms with E-state index >= 15 is 0 Å². The van der Waals surface area contributed by atoms with Gasteiger partial charge in [-0.15, -0.1) is 6.58 Å². The van der Waals surface area contributed by atoms with Crippen molar-refractivity contribution < 1.29 is 9.53 Å². The Morgan fingerprint density at radius 3 is 2.46 bits per heavy atom. The van der Waals surface area contributed by atoms with Gasteiger partial charge in [0.05, 0.1) is 6.61 Å². The maximum absolute atomic E-state index is 10.5. The van der Waals surface area contributed by atoms with Gasteiger partial charge in [0.2, 0.25) is 0 Å². The zero-order chi connectivity index (χ0) is 10.3. The Morgan fingerprint density at radius 2 is 2.08 bits per heavy atom. The molecule has 0 saturated heterocycles. The van der Waals surface area contributed by atoms with Crippen LogP contribution in [0.5, 0.6) is 0 Å². The van der Waals surface area contributed by atoms with Gasteiger partial charge in [-0.1, -0.05) is 17.7 Å². The van der Waals surface area contributed by atoms with E-state index in [1.165, 1.54) is 12.5 Å². The molecule has 1 unspecified atom stereocenters. The molecule has 13 heavy (non-hydrogen) atoms. The first-order chi connectivity index (χ1) is 6.06. The van der Waals surface area contributed by atoms with Crippen LogP contribution in [0.2, 0.25) is 0 Å². The van der Waals surface area contributed by atoms with E-state index < -0.39 is 0 Å². The molecule has 2 heteroatoms. The summed E-state index contributed by atoms with van der Waals surface area (Å²) in [5.41, 5.74) is 1.27. The van der Waals surface area contributed by atoms with Crippen LogP contribution in [0.25, 0.3) is 0 Å². The summed E-state index contributed by atoms with van der Waals surface area (Å²) in [7, 11) is 0. The van der Waals surface area contributed by atoms with E-state index in [1.807, 2.05) is 19.9 Å². The lowest BCUT2D eigenvalue weighted by molar-refractivity contribution is -0.141. The van der Waals surface area contributed by atoms with Gasteiger partial charge in [0.1, 0.15) is 0 Å². The first-order valence-electron chi connectivity index (χ1n) is 4.45. The molecule has 1 atom stereocenters. The lowest BCUT2D eigenvalue weighted by Gasteiger charge is -2.09. The van der Waals surface area contributed by atoms with E-state index in [4.69, 9.17) is 4.74 Å². The van der Waals surface area contributed by atoms with Crippen LogP contribution in [0.4, 0.5) is 0 Å². The first kappa shape index (κ1) is 11.9. The van der Waals surface area contributed by atoms with Gasteiger partial charge in [0.25, 0.3) is 0 Å². The molecule has 0 aliphatic heterocycles. The summed E-state index contributed by atoms with van der Waals surface area (Å²) in [5, 5.41) is 0. The third-order valence-corrected chi connectivity index (χ3v) is 1.66. The number of ether oxygens (including phenoxy) is 1. The Hall–Kier alpha value is -1.05. The Kier molecular flexibility index (Phi) is 5.94. The molecule has 0 rings (SSSR count). The largest absolute Gasteiger partial charge is 0.465 e. The molecule has 2 nitrogen and oxygen atoms in total. The van der Waals surface area contributed by atoms with Gasteiger partial charge >= 0.3 is 5.97 Å². The molecule has 0 amide bonds. The van der Waals surface area contributed by atoms with Gasteiger partial charge in [-0.25, -0.2) is 0 Å². The van der Waals surface area contributed by atoms with E-state index in [0.717, 1.165) is 6.42 Å². The summed E-state index contributed by atoms with van der Waals surface area (Å²) in [5.74, 6) is 0.00264. The van der Waals surface area contributed by atoms with E-state index in [2.05, 4.69) is 12.7 Å². The maximum atomic E-state index is 10.5. The SMILES string of the molecule is C=CC(CC=C(C)C)COC(C)=O. The Bertz CT molecular complexity index is 200. The summed E-state index contributed by atoms with van der Waals surface area (Å²) < 4.78 is 4.89. The van der Waals surface area contributed by atoms with Crippen molar-refractivity contribution in [3.63, 3.8) is 0 Å². The molecule has 0 spiro atoms. The van der Waals surface area contributed by atoms with Crippen molar-refractivity contribution in [2.75, 3.05) is 6.61 Å². The standard InChI is InChI=1S/C11H18O2/c1-5-11(7-6-9(2)3)8-13-10(4)12/h5-6,11H,1,7-8H2,2-4H3. The zero-order valence-electron chi connectivity index (χ0n) is 8.67. The summed E-state index contributed by atoms with van der Waals surface area (Å²) in [4.78, 5) is 10.5. The monoisotopic (exact) mass is 182 g/mol. The average molecular weight is 182 g/mol. The highest BCUT2D eigenvalue weighted by molar-refractivity contribution is 5.65. The topological polar surface area (TPSA) is 26.3 Å². The maximum Gasteiger partial charge on any atom is 0.302 e. The molecule has 0 aromatic carbocycles. The van der Waals surface area contributed by atoms with Gasteiger partial charge in [0.15, 0.2) is 0 Å². The Labute approximate surface area is 80.3 Å². The third-order valence-electron chi connectivity index (χ3n) is 1.66. The van der Waals surface area contributed by atoms with Crippen molar-refractivity contribution in [1.29, 1.82) is 0 Å². The van der Waals surface area contributed by atoms with Crippen LogP contribution in [0.15, 0.2) is 24.3 Å². The number of allylic oxidation sites excluding steroid dienone is 2. The number of rotatable bonds is 5. The van der Waals surface area contributed by atoms with Gasteiger partial charge in [-0.3, -0.25) is 4.79 Å². The van der Waals surface area contributed by atoms with Crippen molar-refractivity contribution in [2.45, 2.75) is 27.2 Å². The fraction of sp³-hybridized carbons (Fsp3) is 0.545. The van der Waals surface area contributed by atoms with Crippen LogP contribution >= 0.6 is 0 Å². The molecular formula is C11H18O2. The number of esters is 1. The first-order valence-corrected chi connectivity index (χ1v) is 4.45. The fourth-order valence-electron chi connectivity index (χ4n) is 0.844. The van der Waals surface area contributed by atoms with E-state index in [9.17, 15) is 4.79 Å². The highest BCUT2D eigenvalue weighted by Crippen LogP contribution is 2.08. The molecule has 0 aliphatic rings. The van der Waals surface area contributed by atoms with Gasteiger partial charge in [-0.05, 0) is 20.3 Å². The highest BCUT2D eigenvalue weighted by Gasteiger charge is 2.03. The molecule has 0 aromatic heterocycles. The fourth-order valence-corrected chi connectivity index (χ4v) is 0.844. The lowest BCUT2D eigenvalue weighted by atomic mass is 10.1. The molecule has 0 fully saturated rings. The number of hydrogen-bond acceptors (Lipinski definition) is 2. The van der Waals surface area contributed by atoms with Crippen LogP contribution in [0.1, 0.15) is 27.2 Å². The van der Waals surface area contributed by atoms with Crippen molar-refractivity contribution >= 4 is 5.97 Å². The van der Waals surface area contributed by atoms with Gasteiger partial charge < -0.3 is 4.74 Å². The molecule has 0 N–H and O–H groups in total. The predicted octanol–water partition coefficient (Wildman–Crippen LogP) is 2.71. The van der Waals surface area contributed by atoms with E-state index in [-0.39, 0.29) is 11.9 Å². The molecule has 0 heterocycles. The van der Waals surface area contributed by atoms with Crippen LogP contribution in [0.3, 0.4) is 0 Å². The lowest BCUT2D eigenvalue weighted by Crippen LogP contribution is -2.09. The number of carbonyl (C=O) groups excluding carboxylic acids is 1. The Balaban J connectivity index is 3.83. The predicted molar refractivity (Wildman–Crippen MR) is 54.4 cm³/mol. The van der Waals surface area contributed by atoms with Gasteiger partial charge in [0, 0.05) is 12.8 Å². The second-order valence-corrected chi connectivity index (χ2v) is 3.32.